The highest BCUT2D eigenvalue weighted by Gasteiger charge is 1.93. The molecule has 0 fully saturated rings. The van der Waals surface area contributed by atoms with Crippen molar-refractivity contribution >= 4 is 6.29 Å². The molecule has 0 aromatic rings. The van der Waals surface area contributed by atoms with Crippen LogP contribution in [0.5, 0.6) is 0 Å². The van der Waals surface area contributed by atoms with Gasteiger partial charge in [0, 0.05) is 13.0 Å². The molecular formula is C16H32O7. The molecule has 7 heteroatoms. The smallest absolute Gasteiger partial charge is 0.122 e. The molecule has 0 saturated carbocycles. The molecule has 0 saturated heterocycles. The molecule has 138 valence electrons. The Morgan fingerprint density at radius 1 is 0.522 bits per heavy atom. The zero-order chi connectivity index (χ0) is 16.8. The quantitative estimate of drug-likeness (QED) is 0.243. The lowest BCUT2D eigenvalue weighted by atomic mass is 10.5. The summed E-state index contributed by atoms with van der Waals surface area (Å²) >= 11 is 0. The van der Waals surface area contributed by atoms with E-state index in [0.717, 1.165) is 19.3 Å². The van der Waals surface area contributed by atoms with Crippen molar-refractivity contribution in [2.75, 3.05) is 79.3 Å². The van der Waals surface area contributed by atoms with Crippen molar-refractivity contribution in [3.05, 3.63) is 0 Å². The monoisotopic (exact) mass is 336 g/mol. The van der Waals surface area contributed by atoms with Crippen LogP contribution in [0.25, 0.3) is 0 Å². The van der Waals surface area contributed by atoms with Gasteiger partial charge in [0.25, 0.3) is 0 Å². The van der Waals surface area contributed by atoms with Crippen LogP contribution in [0.4, 0.5) is 0 Å². The molecule has 0 spiro atoms. The molecule has 0 aromatic carbocycles. The number of ether oxygens (including phenoxy) is 6. The maximum Gasteiger partial charge on any atom is 0.122 e. The van der Waals surface area contributed by atoms with Crippen LogP contribution in [0.1, 0.15) is 19.8 Å². The van der Waals surface area contributed by atoms with Crippen molar-refractivity contribution in [2.45, 2.75) is 19.8 Å². The third-order valence-corrected chi connectivity index (χ3v) is 2.59. The van der Waals surface area contributed by atoms with Gasteiger partial charge in [-0.1, -0.05) is 6.92 Å². The number of carbonyl (C=O) groups is 1. The molecule has 0 radical (unpaired) electrons. The first kappa shape index (κ1) is 22.4. The number of hydrogen-bond donors (Lipinski definition) is 0. The van der Waals surface area contributed by atoms with Crippen molar-refractivity contribution < 1.29 is 33.2 Å². The van der Waals surface area contributed by atoms with Gasteiger partial charge in [0.05, 0.1) is 72.7 Å². The summed E-state index contributed by atoms with van der Waals surface area (Å²) in [6.45, 7) is 8.85. The Hall–Kier alpha value is -0.570. The van der Waals surface area contributed by atoms with Gasteiger partial charge in [0.1, 0.15) is 6.29 Å². The summed E-state index contributed by atoms with van der Waals surface area (Å²) in [5.41, 5.74) is 0. The van der Waals surface area contributed by atoms with Gasteiger partial charge in [-0.05, 0) is 6.42 Å². The maximum absolute atomic E-state index is 10.0. The van der Waals surface area contributed by atoms with E-state index in [1.54, 1.807) is 0 Å². The molecule has 0 aliphatic rings. The van der Waals surface area contributed by atoms with Crippen LogP contribution in [-0.4, -0.2) is 85.6 Å². The average Bonchev–Trinajstić information content (AvgIpc) is 2.57. The highest BCUT2D eigenvalue weighted by atomic mass is 16.6. The van der Waals surface area contributed by atoms with Crippen molar-refractivity contribution in [1.82, 2.24) is 0 Å². The van der Waals surface area contributed by atoms with E-state index in [4.69, 9.17) is 28.4 Å². The number of aldehydes is 1. The van der Waals surface area contributed by atoms with Gasteiger partial charge in [-0.2, -0.15) is 0 Å². The molecule has 0 aliphatic carbocycles. The first-order valence-corrected chi connectivity index (χ1v) is 8.32. The van der Waals surface area contributed by atoms with E-state index >= 15 is 0 Å². The summed E-state index contributed by atoms with van der Waals surface area (Å²) < 4.78 is 31.8. The maximum atomic E-state index is 10.0. The summed E-state index contributed by atoms with van der Waals surface area (Å²) in [7, 11) is 0. The van der Waals surface area contributed by atoms with Crippen LogP contribution in [0.2, 0.25) is 0 Å². The lowest BCUT2D eigenvalue weighted by molar-refractivity contribution is -0.108. The number of rotatable bonds is 20. The minimum atomic E-state index is 0.431. The first-order valence-electron chi connectivity index (χ1n) is 8.32. The summed E-state index contributed by atoms with van der Waals surface area (Å²) in [5, 5.41) is 0. The van der Waals surface area contributed by atoms with Gasteiger partial charge in [-0.3, -0.25) is 0 Å². The molecule has 0 bridgehead atoms. The van der Waals surface area contributed by atoms with E-state index in [-0.39, 0.29) is 0 Å². The van der Waals surface area contributed by atoms with Crippen molar-refractivity contribution in [3.8, 4) is 0 Å². The van der Waals surface area contributed by atoms with Gasteiger partial charge in [0.15, 0.2) is 0 Å². The van der Waals surface area contributed by atoms with Crippen LogP contribution in [0, 0.1) is 0 Å². The normalized spacial score (nSPS) is 11.0. The molecule has 23 heavy (non-hydrogen) atoms. The van der Waals surface area contributed by atoms with Crippen LogP contribution in [0.15, 0.2) is 0 Å². The summed E-state index contributed by atoms with van der Waals surface area (Å²) in [5.74, 6) is 0. The molecule has 0 atom stereocenters. The second kappa shape index (κ2) is 21.4. The zero-order valence-electron chi connectivity index (χ0n) is 14.3. The number of carbonyl (C=O) groups excluding carboxylic acids is 1. The Kier molecular flexibility index (Phi) is 20.9. The molecule has 0 rings (SSSR count). The summed E-state index contributed by atoms with van der Waals surface area (Å²) in [6.07, 6.45) is 2.30. The van der Waals surface area contributed by atoms with E-state index in [0.29, 0.717) is 79.1 Å². The topological polar surface area (TPSA) is 72.5 Å². The Balaban J connectivity index is 2.93. The van der Waals surface area contributed by atoms with Gasteiger partial charge in [-0.15, -0.1) is 0 Å². The molecule has 0 amide bonds. The van der Waals surface area contributed by atoms with Crippen LogP contribution in [0.3, 0.4) is 0 Å². The highest BCUT2D eigenvalue weighted by Crippen LogP contribution is 1.85. The van der Waals surface area contributed by atoms with Gasteiger partial charge in [-0.25, -0.2) is 0 Å². The Bertz CT molecular complexity index is 226. The first-order chi connectivity index (χ1) is 11.4. The van der Waals surface area contributed by atoms with Gasteiger partial charge < -0.3 is 33.2 Å². The Morgan fingerprint density at radius 2 is 0.826 bits per heavy atom. The second-order valence-electron chi connectivity index (χ2n) is 4.63. The van der Waals surface area contributed by atoms with Crippen LogP contribution < -0.4 is 0 Å². The highest BCUT2D eigenvalue weighted by molar-refractivity contribution is 5.49. The molecule has 0 aliphatic heterocycles. The fourth-order valence-corrected chi connectivity index (χ4v) is 1.48. The predicted molar refractivity (Wildman–Crippen MR) is 85.9 cm³/mol. The van der Waals surface area contributed by atoms with Gasteiger partial charge >= 0.3 is 0 Å². The second-order valence-corrected chi connectivity index (χ2v) is 4.63. The molecule has 0 unspecified atom stereocenters. The summed E-state index contributed by atoms with van der Waals surface area (Å²) in [4.78, 5) is 10.0. The fourth-order valence-electron chi connectivity index (χ4n) is 1.48. The molecule has 7 nitrogen and oxygen atoms in total. The van der Waals surface area contributed by atoms with Crippen molar-refractivity contribution in [3.63, 3.8) is 0 Å². The molecule has 0 N–H and O–H groups in total. The minimum Gasteiger partial charge on any atom is -0.379 e. The van der Waals surface area contributed by atoms with E-state index in [9.17, 15) is 4.79 Å². The third-order valence-electron chi connectivity index (χ3n) is 2.59. The Morgan fingerprint density at radius 3 is 1.13 bits per heavy atom. The van der Waals surface area contributed by atoms with Gasteiger partial charge in [0.2, 0.25) is 0 Å². The van der Waals surface area contributed by atoms with Crippen molar-refractivity contribution in [1.29, 1.82) is 0 Å². The molecular weight excluding hydrogens is 304 g/mol. The third kappa shape index (κ3) is 21.4. The largest absolute Gasteiger partial charge is 0.379 e. The van der Waals surface area contributed by atoms with E-state index in [2.05, 4.69) is 6.92 Å². The van der Waals surface area contributed by atoms with E-state index < -0.39 is 0 Å². The van der Waals surface area contributed by atoms with Crippen LogP contribution in [-0.2, 0) is 33.2 Å². The fraction of sp³-hybridized carbons (Fsp3) is 0.938. The SMILES string of the molecule is CCCOCCOCCOCCOCCOCCOCCC=O. The van der Waals surface area contributed by atoms with E-state index in [1.165, 1.54) is 0 Å². The molecule has 0 heterocycles. The number of hydrogen-bond acceptors (Lipinski definition) is 7. The zero-order valence-corrected chi connectivity index (χ0v) is 14.3. The van der Waals surface area contributed by atoms with E-state index in [1.807, 2.05) is 0 Å². The average molecular weight is 336 g/mol. The van der Waals surface area contributed by atoms with Crippen molar-refractivity contribution in [2.24, 2.45) is 0 Å². The predicted octanol–water partition coefficient (Wildman–Crippen LogP) is 1.09. The van der Waals surface area contributed by atoms with Crippen LogP contribution >= 0.6 is 0 Å². The standard InChI is InChI=1S/C16H32O7/c1-2-5-18-7-9-20-11-13-22-15-16-23-14-12-21-10-8-19-6-3-4-17/h4H,2-3,5-16H2,1H3. The lowest BCUT2D eigenvalue weighted by Crippen LogP contribution is -2.14. The minimum absolute atomic E-state index is 0.431. The lowest BCUT2D eigenvalue weighted by Gasteiger charge is -2.08. The summed E-state index contributed by atoms with van der Waals surface area (Å²) in [6, 6.07) is 0. The molecule has 0 aromatic heterocycles. The Labute approximate surface area is 139 Å².